The number of carbonyl (C=O) groups excluding carboxylic acids is 3. The van der Waals surface area contributed by atoms with E-state index < -0.39 is 23.4 Å². The number of aromatic nitrogens is 3. The number of furan rings is 1. The molecule has 2 aromatic heterocycles. The summed E-state index contributed by atoms with van der Waals surface area (Å²) in [5.41, 5.74) is 3.62. The van der Waals surface area contributed by atoms with Crippen molar-refractivity contribution in [2.24, 2.45) is 0 Å². The molecule has 1 saturated heterocycles. The molecule has 0 spiro atoms. The summed E-state index contributed by atoms with van der Waals surface area (Å²) < 4.78 is 7.36. The zero-order chi connectivity index (χ0) is 26.0. The predicted molar refractivity (Wildman–Crippen MR) is 136 cm³/mol. The van der Waals surface area contributed by atoms with Gasteiger partial charge >= 0.3 is 6.03 Å². The van der Waals surface area contributed by atoms with Crippen LogP contribution in [0, 0.1) is 6.92 Å². The van der Waals surface area contributed by atoms with Crippen LogP contribution in [0.2, 0.25) is 0 Å². The third kappa shape index (κ3) is 4.73. The van der Waals surface area contributed by atoms with Gasteiger partial charge in [-0.3, -0.25) is 19.6 Å². The van der Waals surface area contributed by atoms with Crippen molar-refractivity contribution < 1.29 is 18.8 Å². The van der Waals surface area contributed by atoms with Crippen LogP contribution >= 0.6 is 11.8 Å². The van der Waals surface area contributed by atoms with Gasteiger partial charge in [0.2, 0.25) is 5.91 Å². The number of benzene rings is 2. The van der Waals surface area contributed by atoms with Gasteiger partial charge in [0.05, 0.1) is 24.1 Å². The number of hydrogen-bond donors (Lipinski definition) is 2. The molecule has 0 bridgehead atoms. The molecule has 2 aromatic carbocycles. The lowest BCUT2D eigenvalue weighted by atomic mass is 9.92. The van der Waals surface area contributed by atoms with Crippen LogP contribution in [0.1, 0.15) is 23.8 Å². The Kier molecular flexibility index (Phi) is 6.53. The number of hydrazine groups is 1. The van der Waals surface area contributed by atoms with Crippen LogP contribution in [0.5, 0.6) is 0 Å². The quantitative estimate of drug-likeness (QED) is 0.272. The molecule has 0 saturated carbocycles. The topological polar surface area (TPSA) is 122 Å². The normalized spacial score (nSPS) is 17.2. The molecule has 1 aliphatic heterocycles. The fraction of sp³-hybridized carbons (Fsp3) is 0.192. The maximum atomic E-state index is 13.1. The first-order valence-electron chi connectivity index (χ1n) is 11.5. The van der Waals surface area contributed by atoms with Crippen molar-refractivity contribution in [3.8, 4) is 11.4 Å². The molecule has 1 atom stereocenters. The van der Waals surface area contributed by atoms with Crippen LogP contribution in [0.4, 0.5) is 4.79 Å². The number of thioether (sulfide) groups is 1. The third-order valence-corrected chi connectivity index (χ3v) is 7.08. The highest BCUT2D eigenvalue weighted by atomic mass is 32.2. The lowest BCUT2D eigenvalue weighted by molar-refractivity contribution is -0.138. The lowest BCUT2D eigenvalue weighted by Crippen LogP contribution is -2.48. The molecule has 37 heavy (non-hydrogen) atoms. The van der Waals surface area contributed by atoms with Gasteiger partial charge in [0.1, 0.15) is 11.3 Å². The Labute approximate surface area is 217 Å². The van der Waals surface area contributed by atoms with Crippen molar-refractivity contribution in [2.45, 2.75) is 31.1 Å². The molecule has 5 rings (SSSR count). The first kappa shape index (κ1) is 24.3. The summed E-state index contributed by atoms with van der Waals surface area (Å²) in [7, 11) is 0. The highest BCUT2D eigenvalue weighted by molar-refractivity contribution is 7.99. The maximum absolute atomic E-state index is 13.1. The molecule has 188 valence electrons. The lowest BCUT2D eigenvalue weighted by Gasteiger charge is -2.22. The molecule has 0 radical (unpaired) electrons. The van der Waals surface area contributed by atoms with Crippen LogP contribution in [0.15, 0.2) is 82.6 Å². The highest BCUT2D eigenvalue weighted by Crippen LogP contribution is 2.29. The Bertz CT molecular complexity index is 1450. The van der Waals surface area contributed by atoms with E-state index in [0.29, 0.717) is 28.8 Å². The number of nitrogens with one attached hydrogen (secondary N) is 2. The first-order chi connectivity index (χ1) is 17.9. The second-order valence-electron chi connectivity index (χ2n) is 8.65. The average Bonchev–Trinajstić information content (AvgIpc) is 3.57. The van der Waals surface area contributed by atoms with E-state index in [-0.39, 0.29) is 5.75 Å². The number of urea groups is 1. The molecule has 2 N–H and O–H groups in total. The molecule has 1 aliphatic rings. The molecule has 11 heteroatoms. The second kappa shape index (κ2) is 9.94. The van der Waals surface area contributed by atoms with Gasteiger partial charge in [0, 0.05) is 0 Å². The van der Waals surface area contributed by atoms with E-state index in [2.05, 4.69) is 20.9 Å². The fourth-order valence-electron chi connectivity index (χ4n) is 4.12. The Morgan fingerprint density at radius 1 is 1.05 bits per heavy atom. The number of imide groups is 1. The molecule has 1 unspecified atom stereocenters. The molecular formula is C26H24N6O4S. The van der Waals surface area contributed by atoms with Crippen molar-refractivity contribution >= 4 is 29.6 Å². The van der Waals surface area contributed by atoms with E-state index in [1.54, 1.807) is 37.5 Å². The van der Waals surface area contributed by atoms with Crippen molar-refractivity contribution in [2.75, 3.05) is 5.75 Å². The molecule has 1 fully saturated rings. The van der Waals surface area contributed by atoms with Crippen molar-refractivity contribution in [1.29, 1.82) is 0 Å². The predicted octanol–water partition coefficient (Wildman–Crippen LogP) is 3.49. The van der Waals surface area contributed by atoms with Gasteiger partial charge in [0.15, 0.2) is 11.0 Å². The number of nitrogens with zero attached hydrogens (tertiary/aromatic N) is 4. The molecular weight excluding hydrogens is 492 g/mol. The fourth-order valence-corrected chi connectivity index (χ4v) is 4.85. The average molecular weight is 517 g/mol. The van der Waals surface area contributed by atoms with Crippen LogP contribution in [0.3, 0.4) is 0 Å². The molecule has 4 amide bonds. The molecule has 10 nitrogen and oxygen atoms in total. The Balaban J connectivity index is 1.31. The first-order valence-corrected chi connectivity index (χ1v) is 12.5. The summed E-state index contributed by atoms with van der Waals surface area (Å²) >= 11 is 1.16. The summed E-state index contributed by atoms with van der Waals surface area (Å²) in [5, 5.41) is 12.6. The maximum Gasteiger partial charge on any atom is 0.344 e. The van der Waals surface area contributed by atoms with Crippen molar-refractivity contribution in [3.63, 3.8) is 0 Å². The SMILES string of the molecule is Cc1occc1-c1nnc(SCC(=O)NN2C(=O)NC(C)(c3ccccc3)C2=O)n1Cc1ccccc1. The number of aryl methyl sites for hydroxylation is 1. The van der Waals surface area contributed by atoms with Gasteiger partial charge in [-0.05, 0) is 31.0 Å². The summed E-state index contributed by atoms with van der Waals surface area (Å²) in [6.45, 7) is 3.94. The van der Waals surface area contributed by atoms with Gasteiger partial charge in [-0.15, -0.1) is 10.2 Å². The number of hydrogen-bond acceptors (Lipinski definition) is 7. The van der Waals surface area contributed by atoms with E-state index in [4.69, 9.17) is 4.42 Å². The van der Waals surface area contributed by atoms with E-state index >= 15 is 0 Å². The van der Waals surface area contributed by atoms with E-state index in [9.17, 15) is 14.4 Å². The molecule has 3 heterocycles. The summed E-state index contributed by atoms with van der Waals surface area (Å²) in [4.78, 5) is 38.4. The van der Waals surface area contributed by atoms with Crippen LogP contribution in [-0.2, 0) is 21.7 Å². The van der Waals surface area contributed by atoms with Crippen LogP contribution in [-0.4, -0.2) is 43.4 Å². The second-order valence-corrected chi connectivity index (χ2v) is 9.60. The van der Waals surface area contributed by atoms with Gasteiger partial charge < -0.3 is 9.73 Å². The van der Waals surface area contributed by atoms with Crippen LogP contribution < -0.4 is 10.7 Å². The largest absolute Gasteiger partial charge is 0.469 e. The van der Waals surface area contributed by atoms with Gasteiger partial charge in [-0.25, -0.2) is 4.79 Å². The van der Waals surface area contributed by atoms with Crippen LogP contribution in [0.25, 0.3) is 11.4 Å². The van der Waals surface area contributed by atoms with Gasteiger partial charge in [-0.1, -0.05) is 72.4 Å². The highest BCUT2D eigenvalue weighted by Gasteiger charge is 2.49. The minimum absolute atomic E-state index is 0.0869. The Morgan fingerprint density at radius 2 is 1.76 bits per heavy atom. The van der Waals surface area contributed by atoms with E-state index in [1.165, 1.54) is 0 Å². The minimum atomic E-state index is -1.27. The number of amides is 4. The van der Waals surface area contributed by atoms with Crippen molar-refractivity contribution in [1.82, 2.24) is 30.5 Å². The summed E-state index contributed by atoms with van der Waals surface area (Å²) in [5.74, 6) is 0.144. The molecule has 0 aliphatic carbocycles. The third-order valence-electron chi connectivity index (χ3n) is 6.11. The minimum Gasteiger partial charge on any atom is -0.469 e. The standard InChI is InChI=1S/C26H24N6O4S/c1-17-20(13-14-36-17)22-28-29-25(31(22)15-18-9-5-3-6-10-18)37-16-21(33)30-32-23(34)26(2,27-24(32)35)19-11-7-4-8-12-19/h3-14H,15-16H2,1-2H3,(H,27,35)(H,30,33). The summed E-state index contributed by atoms with van der Waals surface area (Å²) in [6, 6.07) is 19.8. The van der Waals surface area contributed by atoms with Gasteiger partial charge in [0.25, 0.3) is 5.91 Å². The zero-order valence-corrected chi connectivity index (χ0v) is 21.0. The van der Waals surface area contributed by atoms with Gasteiger partial charge in [-0.2, -0.15) is 5.01 Å². The smallest absolute Gasteiger partial charge is 0.344 e. The van der Waals surface area contributed by atoms with E-state index in [0.717, 1.165) is 27.9 Å². The van der Waals surface area contributed by atoms with E-state index in [1.807, 2.05) is 54.0 Å². The monoisotopic (exact) mass is 516 g/mol. The zero-order valence-electron chi connectivity index (χ0n) is 20.2. The number of rotatable bonds is 8. The molecule has 4 aromatic rings. The number of carbonyl (C=O) groups is 3. The Morgan fingerprint density at radius 3 is 2.43 bits per heavy atom. The summed E-state index contributed by atoms with van der Waals surface area (Å²) in [6.07, 6.45) is 1.59. The van der Waals surface area contributed by atoms with Crippen molar-refractivity contribution in [3.05, 3.63) is 89.9 Å². The Hall–Kier alpha value is -4.38.